The van der Waals surface area contributed by atoms with Crippen LogP contribution in [0.25, 0.3) is 21.8 Å². The number of para-hydroxylation sites is 1. The van der Waals surface area contributed by atoms with E-state index in [1.165, 1.54) is 30.4 Å². The number of hydrogen-bond donors (Lipinski definition) is 0. The van der Waals surface area contributed by atoms with Gasteiger partial charge in [0.2, 0.25) is 0 Å². The lowest BCUT2D eigenvalue weighted by Crippen LogP contribution is -1.89. The van der Waals surface area contributed by atoms with Gasteiger partial charge in [-0.05, 0) is 48.6 Å². The standard InChI is InChI=1S/C16H12ClN/c17-16-12-6-1-2-7-14(12)18-15-9-11-5-3-4-10(11)8-13(15)16/h1-2,6-9H,3-5H2. The van der Waals surface area contributed by atoms with E-state index in [9.17, 15) is 0 Å². The first kappa shape index (κ1) is 10.3. The van der Waals surface area contributed by atoms with E-state index >= 15 is 0 Å². The van der Waals surface area contributed by atoms with Crippen LogP contribution in [0.1, 0.15) is 17.5 Å². The Kier molecular flexibility index (Phi) is 2.12. The highest BCUT2D eigenvalue weighted by Gasteiger charge is 2.14. The number of nitrogens with zero attached hydrogens (tertiary/aromatic N) is 1. The molecule has 1 aromatic heterocycles. The lowest BCUT2D eigenvalue weighted by atomic mass is 10.0. The molecule has 18 heavy (non-hydrogen) atoms. The number of pyridine rings is 1. The maximum absolute atomic E-state index is 6.54. The molecule has 3 aromatic rings. The Morgan fingerprint density at radius 1 is 0.889 bits per heavy atom. The molecule has 4 rings (SSSR count). The van der Waals surface area contributed by atoms with Crippen molar-refractivity contribution in [3.63, 3.8) is 0 Å². The molecule has 1 nitrogen and oxygen atoms in total. The highest BCUT2D eigenvalue weighted by molar-refractivity contribution is 6.40. The Morgan fingerprint density at radius 2 is 1.67 bits per heavy atom. The van der Waals surface area contributed by atoms with Gasteiger partial charge in [0.1, 0.15) is 0 Å². The number of aryl methyl sites for hydroxylation is 2. The van der Waals surface area contributed by atoms with Crippen LogP contribution in [0.3, 0.4) is 0 Å². The molecule has 0 unspecified atom stereocenters. The zero-order chi connectivity index (χ0) is 12.1. The number of fused-ring (bicyclic) bond motifs is 3. The van der Waals surface area contributed by atoms with Crippen LogP contribution in [0.5, 0.6) is 0 Å². The molecular formula is C16H12ClN. The maximum Gasteiger partial charge on any atom is 0.0727 e. The summed E-state index contributed by atoms with van der Waals surface area (Å²) in [4.78, 5) is 4.73. The van der Waals surface area contributed by atoms with Crippen molar-refractivity contribution in [1.29, 1.82) is 0 Å². The number of halogens is 1. The molecule has 0 radical (unpaired) electrons. The van der Waals surface area contributed by atoms with E-state index in [0.717, 1.165) is 26.8 Å². The molecule has 0 saturated heterocycles. The van der Waals surface area contributed by atoms with Gasteiger partial charge in [0.05, 0.1) is 16.1 Å². The Labute approximate surface area is 110 Å². The predicted molar refractivity (Wildman–Crippen MR) is 76.3 cm³/mol. The third-order valence-corrected chi connectivity index (χ3v) is 4.24. The molecule has 2 aromatic carbocycles. The van der Waals surface area contributed by atoms with Gasteiger partial charge < -0.3 is 0 Å². The number of rotatable bonds is 0. The fourth-order valence-electron chi connectivity index (χ4n) is 2.91. The molecule has 1 aliphatic rings. The molecule has 0 amide bonds. The maximum atomic E-state index is 6.54. The molecule has 0 aliphatic heterocycles. The molecule has 0 saturated carbocycles. The van der Waals surface area contributed by atoms with Crippen molar-refractivity contribution < 1.29 is 0 Å². The van der Waals surface area contributed by atoms with Gasteiger partial charge in [-0.1, -0.05) is 29.8 Å². The zero-order valence-corrected chi connectivity index (χ0v) is 10.7. The minimum atomic E-state index is 0.838. The van der Waals surface area contributed by atoms with E-state index < -0.39 is 0 Å². The lowest BCUT2D eigenvalue weighted by Gasteiger charge is -2.07. The molecule has 2 heteroatoms. The summed E-state index contributed by atoms with van der Waals surface area (Å²) in [5, 5.41) is 2.98. The lowest BCUT2D eigenvalue weighted by molar-refractivity contribution is 0.912. The fourth-order valence-corrected chi connectivity index (χ4v) is 3.22. The van der Waals surface area contributed by atoms with Crippen LogP contribution in [-0.4, -0.2) is 4.98 Å². The van der Waals surface area contributed by atoms with Crippen molar-refractivity contribution in [2.24, 2.45) is 0 Å². The Bertz CT molecular complexity index is 777. The first-order valence-corrected chi connectivity index (χ1v) is 6.70. The first-order valence-electron chi connectivity index (χ1n) is 6.33. The smallest absolute Gasteiger partial charge is 0.0727 e. The van der Waals surface area contributed by atoms with E-state index in [4.69, 9.17) is 16.6 Å². The molecule has 0 spiro atoms. The second-order valence-corrected chi connectivity index (χ2v) is 5.31. The minimum absolute atomic E-state index is 0.838. The van der Waals surface area contributed by atoms with Crippen molar-refractivity contribution >= 4 is 33.4 Å². The first-order chi connectivity index (χ1) is 8.83. The van der Waals surface area contributed by atoms with Crippen LogP contribution in [-0.2, 0) is 12.8 Å². The minimum Gasteiger partial charge on any atom is -0.248 e. The second kappa shape index (κ2) is 3.69. The van der Waals surface area contributed by atoms with Crippen LogP contribution in [0.4, 0.5) is 0 Å². The Balaban J connectivity index is 2.18. The normalized spacial score (nSPS) is 14.3. The SMILES string of the molecule is Clc1c2ccccc2nc2cc3c(cc12)CCC3. The van der Waals surface area contributed by atoms with Crippen molar-refractivity contribution in [2.45, 2.75) is 19.3 Å². The van der Waals surface area contributed by atoms with Crippen molar-refractivity contribution in [1.82, 2.24) is 4.98 Å². The van der Waals surface area contributed by atoms with E-state index in [-0.39, 0.29) is 0 Å². The van der Waals surface area contributed by atoms with Gasteiger partial charge >= 0.3 is 0 Å². The summed E-state index contributed by atoms with van der Waals surface area (Å²) in [7, 11) is 0. The van der Waals surface area contributed by atoms with Gasteiger partial charge in [-0.15, -0.1) is 0 Å². The summed E-state index contributed by atoms with van der Waals surface area (Å²) in [5.41, 5.74) is 4.90. The zero-order valence-electron chi connectivity index (χ0n) is 9.91. The Hall–Kier alpha value is -1.60. The van der Waals surface area contributed by atoms with Crippen LogP contribution in [0, 0.1) is 0 Å². The summed E-state index contributed by atoms with van der Waals surface area (Å²) in [6.07, 6.45) is 3.61. The number of hydrogen-bond acceptors (Lipinski definition) is 1. The van der Waals surface area contributed by atoms with E-state index in [0.29, 0.717) is 0 Å². The monoisotopic (exact) mass is 253 g/mol. The molecule has 1 aliphatic carbocycles. The summed E-state index contributed by atoms with van der Waals surface area (Å²) in [5.74, 6) is 0. The topological polar surface area (TPSA) is 12.9 Å². The van der Waals surface area contributed by atoms with Crippen LogP contribution in [0.15, 0.2) is 36.4 Å². The highest BCUT2D eigenvalue weighted by atomic mass is 35.5. The molecule has 1 heterocycles. The summed E-state index contributed by atoms with van der Waals surface area (Å²) in [6.45, 7) is 0. The van der Waals surface area contributed by atoms with Crippen molar-refractivity contribution in [2.75, 3.05) is 0 Å². The Morgan fingerprint density at radius 3 is 2.56 bits per heavy atom. The van der Waals surface area contributed by atoms with E-state index in [2.05, 4.69) is 12.1 Å². The number of aromatic nitrogens is 1. The van der Waals surface area contributed by atoms with Gasteiger partial charge in [0.25, 0.3) is 0 Å². The van der Waals surface area contributed by atoms with Crippen molar-refractivity contribution in [3.05, 3.63) is 52.5 Å². The molecular weight excluding hydrogens is 242 g/mol. The summed E-state index contributed by atoms with van der Waals surface area (Å²) < 4.78 is 0. The van der Waals surface area contributed by atoms with Crippen LogP contribution < -0.4 is 0 Å². The van der Waals surface area contributed by atoms with Crippen molar-refractivity contribution in [3.8, 4) is 0 Å². The van der Waals surface area contributed by atoms with E-state index in [1.807, 2.05) is 24.3 Å². The quantitative estimate of drug-likeness (QED) is 0.537. The van der Waals surface area contributed by atoms with Gasteiger partial charge in [-0.2, -0.15) is 0 Å². The fraction of sp³-hybridized carbons (Fsp3) is 0.188. The average molecular weight is 254 g/mol. The second-order valence-electron chi connectivity index (χ2n) is 4.93. The van der Waals surface area contributed by atoms with E-state index in [1.54, 1.807) is 0 Å². The van der Waals surface area contributed by atoms with Gasteiger partial charge in [0.15, 0.2) is 0 Å². The summed E-state index contributed by atoms with van der Waals surface area (Å²) >= 11 is 6.54. The predicted octanol–water partition coefficient (Wildman–Crippen LogP) is 4.53. The highest BCUT2D eigenvalue weighted by Crippen LogP contribution is 2.34. The van der Waals surface area contributed by atoms with Crippen LogP contribution >= 0.6 is 11.6 Å². The number of benzene rings is 2. The molecule has 0 atom stereocenters. The third kappa shape index (κ3) is 1.37. The largest absolute Gasteiger partial charge is 0.248 e. The van der Waals surface area contributed by atoms with Gasteiger partial charge in [0, 0.05) is 10.8 Å². The molecule has 0 bridgehead atoms. The third-order valence-electron chi connectivity index (χ3n) is 3.83. The molecule has 0 fully saturated rings. The van der Waals surface area contributed by atoms with Crippen LogP contribution in [0.2, 0.25) is 5.02 Å². The van der Waals surface area contributed by atoms with Gasteiger partial charge in [-0.3, -0.25) is 0 Å². The molecule has 88 valence electrons. The average Bonchev–Trinajstić information content (AvgIpc) is 2.84. The van der Waals surface area contributed by atoms with Gasteiger partial charge in [-0.25, -0.2) is 4.98 Å². The summed E-state index contributed by atoms with van der Waals surface area (Å²) in [6, 6.07) is 12.5. The molecule has 0 N–H and O–H groups in total.